The molecule has 1 aliphatic carbocycles. The summed E-state index contributed by atoms with van der Waals surface area (Å²) in [5.41, 5.74) is 0. The van der Waals surface area contributed by atoms with Crippen LogP contribution in [0.3, 0.4) is 0 Å². The maximum absolute atomic E-state index is 11.9. The van der Waals surface area contributed by atoms with Crippen molar-refractivity contribution in [3.05, 3.63) is 0 Å². The van der Waals surface area contributed by atoms with Crippen molar-refractivity contribution in [3.63, 3.8) is 0 Å². The molecule has 1 saturated heterocycles. The van der Waals surface area contributed by atoms with Crippen LogP contribution in [0.4, 0.5) is 0 Å². The molecule has 0 radical (unpaired) electrons. The molecular weight excluding hydrogens is 202 g/mol. The van der Waals surface area contributed by atoms with Crippen LogP contribution in [0.25, 0.3) is 0 Å². The Kier molecular flexibility index (Phi) is 3.82. The first-order valence-corrected chi connectivity index (χ1v) is 6.34. The minimum atomic E-state index is 0.289. The van der Waals surface area contributed by atoms with E-state index >= 15 is 0 Å². The first kappa shape index (κ1) is 11.9. The highest BCUT2D eigenvalue weighted by Gasteiger charge is 2.33. The highest BCUT2D eigenvalue weighted by molar-refractivity contribution is 5.78. The summed E-state index contributed by atoms with van der Waals surface area (Å²) in [6.07, 6.45) is 1.34. The summed E-state index contributed by atoms with van der Waals surface area (Å²) in [7, 11) is 2.06. The minimum absolute atomic E-state index is 0.289. The molecule has 1 amide bonds. The van der Waals surface area contributed by atoms with E-state index in [4.69, 9.17) is 0 Å². The molecule has 2 aliphatic rings. The van der Waals surface area contributed by atoms with Crippen LogP contribution < -0.4 is 5.32 Å². The van der Waals surface area contributed by atoms with E-state index in [1.807, 2.05) is 4.90 Å². The first-order valence-electron chi connectivity index (χ1n) is 6.34. The Bertz CT molecular complexity index is 251. The van der Waals surface area contributed by atoms with Gasteiger partial charge in [-0.25, -0.2) is 0 Å². The number of likely N-dealkylation sites (N-methyl/N-ethyl adjacent to an activating group) is 1. The third kappa shape index (κ3) is 3.19. The quantitative estimate of drug-likeness (QED) is 0.732. The van der Waals surface area contributed by atoms with Gasteiger partial charge < -0.3 is 10.2 Å². The van der Waals surface area contributed by atoms with Crippen molar-refractivity contribution < 1.29 is 4.79 Å². The number of piperazine rings is 1. The molecule has 2 rings (SSSR count). The van der Waals surface area contributed by atoms with Crippen molar-refractivity contribution in [2.75, 3.05) is 46.3 Å². The number of hydrogen-bond acceptors (Lipinski definition) is 3. The molecule has 2 fully saturated rings. The second-order valence-electron chi connectivity index (χ2n) is 5.30. The predicted octanol–water partition coefficient (Wildman–Crippen LogP) is 0.00600. The van der Waals surface area contributed by atoms with Gasteiger partial charge in [0.1, 0.15) is 0 Å². The van der Waals surface area contributed by atoms with Crippen LogP contribution in [-0.2, 0) is 4.79 Å². The van der Waals surface area contributed by atoms with E-state index in [2.05, 4.69) is 24.2 Å². The van der Waals surface area contributed by atoms with Gasteiger partial charge in [-0.2, -0.15) is 0 Å². The number of rotatable bonds is 4. The Morgan fingerprint density at radius 3 is 2.62 bits per heavy atom. The standard InChI is InChI=1S/C12H23N3O/c1-10-7-11(10)8-14(2)9-12(16)15-5-3-13-4-6-15/h10-11,13H,3-9H2,1-2H3. The fourth-order valence-electron chi connectivity index (χ4n) is 2.36. The molecule has 1 N–H and O–H groups in total. The monoisotopic (exact) mass is 225 g/mol. The molecule has 0 aromatic heterocycles. The average Bonchev–Trinajstić information content (AvgIpc) is 2.95. The van der Waals surface area contributed by atoms with E-state index in [9.17, 15) is 4.79 Å². The fourth-order valence-corrected chi connectivity index (χ4v) is 2.36. The van der Waals surface area contributed by atoms with Crippen molar-refractivity contribution in [2.24, 2.45) is 11.8 Å². The summed E-state index contributed by atoms with van der Waals surface area (Å²) in [5.74, 6) is 2.00. The van der Waals surface area contributed by atoms with Crippen LogP contribution >= 0.6 is 0 Å². The summed E-state index contributed by atoms with van der Waals surface area (Å²) < 4.78 is 0. The van der Waals surface area contributed by atoms with Crippen molar-refractivity contribution in [3.8, 4) is 0 Å². The molecule has 1 aliphatic heterocycles. The van der Waals surface area contributed by atoms with Crippen molar-refractivity contribution in [1.29, 1.82) is 0 Å². The van der Waals surface area contributed by atoms with E-state index in [0.717, 1.165) is 44.6 Å². The zero-order chi connectivity index (χ0) is 11.5. The lowest BCUT2D eigenvalue weighted by molar-refractivity contribution is -0.132. The van der Waals surface area contributed by atoms with Crippen LogP contribution in [0, 0.1) is 11.8 Å². The van der Waals surface area contributed by atoms with Gasteiger partial charge in [-0.3, -0.25) is 9.69 Å². The van der Waals surface area contributed by atoms with Gasteiger partial charge in [-0.05, 0) is 25.3 Å². The SMILES string of the molecule is CC1CC1CN(C)CC(=O)N1CCNCC1. The zero-order valence-electron chi connectivity index (χ0n) is 10.4. The van der Waals surface area contributed by atoms with E-state index < -0.39 is 0 Å². The van der Waals surface area contributed by atoms with Crippen molar-refractivity contribution in [1.82, 2.24) is 15.1 Å². The van der Waals surface area contributed by atoms with Gasteiger partial charge in [0.25, 0.3) is 0 Å². The zero-order valence-corrected chi connectivity index (χ0v) is 10.4. The molecule has 2 unspecified atom stereocenters. The predicted molar refractivity (Wildman–Crippen MR) is 64.2 cm³/mol. The molecule has 4 nitrogen and oxygen atoms in total. The molecule has 1 heterocycles. The lowest BCUT2D eigenvalue weighted by atomic mass is 10.3. The number of nitrogens with one attached hydrogen (secondary N) is 1. The summed E-state index contributed by atoms with van der Waals surface area (Å²) >= 11 is 0. The van der Waals surface area contributed by atoms with Gasteiger partial charge in [0.15, 0.2) is 0 Å². The van der Waals surface area contributed by atoms with Crippen LogP contribution in [0.15, 0.2) is 0 Å². The third-order valence-corrected chi connectivity index (χ3v) is 3.70. The molecule has 1 saturated carbocycles. The lowest BCUT2D eigenvalue weighted by Crippen LogP contribution is -2.49. The largest absolute Gasteiger partial charge is 0.339 e. The highest BCUT2D eigenvalue weighted by atomic mass is 16.2. The third-order valence-electron chi connectivity index (χ3n) is 3.70. The van der Waals surface area contributed by atoms with Gasteiger partial charge >= 0.3 is 0 Å². The smallest absolute Gasteiger partial charge is 0.236 e. The Morgan fingerprint density at radius 2 is 2.06 bits per heavy atom. The summed E-state index contributed by atoms with van der Waals surface area (Å²) in [6, 6.07) is 0. The van der Waals surface area contributed by atoms with Gasteiger partial charge in [0.2, 0.25) is 5.91 Å². The highest BCUT2D eigenvalue weighted by Crippen LogP contribution is 2.37. The van der Waals surface area contributed by atoms with Crippen LogP contribution in [0.5, 0.6) is 0 Å². The molecule has 0 bridgehead atoms. The first-order chi connectivity index (χ1) is 7.66. The topological polar surface area (TPSA) is 35.6 Å². The molecule has 4 heteroatoms. The summed E-state index contributed by atoms with van der Waals surface area (Å²) in [6.45, 7) is 7.57. The Hall–Kier alpha value is -0.610. The molecular formula is C12H23N3O. The summed E-state index contributed by atoms with van der Waals surface area (Å²) in [4.78, 5) is 16.1. The Morgan fingerprint density at radius 1 is 1.44 bits per heavy atom. The molecule has 92 valence electrons. The number of hydrogen-bond donors (Lipinski definition) is 1. The van der Waals surface area contributed by atoms with E-state index in [-0.39, 0.29) is 5.91 Å². The lowest BCUT2D eigenvalue weighted by Gasteiger charge is -2.29. The van der Waals surface area contributed by atoms with E-state index in [1.165, 1.54) is 6.42 Å². The van der Waals surface area contributed by atoms with Crippen molar-refractivity contribution >= 4 is 5.91 Å². The van der Waals surface area contributed by atoms with Crippen LogP contribution in [-0.4, -0.2) is 62.0 Å². The fraction of sp³-hybridized carbons (Fsp3) is 0.917. The van der Waals surface area contributed by atoms with Gasteiger partial charge in [-0.15, -0.1) is 0 Å². The van der Waals surface area contributed by atoms with E-state index in [1.54, 1.807) is 0 Å². The van der Waals surface area contributed by atoms with Crippen LogP contribution in [0.1, 0.15) is 13.3 Å². The Labute approximate surface area is 98.0 Å². The van der Waals surface area contributed by atoms with Crippen molar-refractivity contribution in [2.45, 2.75) is 13.3 Å². The summed E-state index contributed by atoms with van der Waals surface area (Å²) in [5, 5.41) is 3.26. The molecule has 0 aromatic rings. The second kappa shape index (κ2) is 5.15. The van der Waals surface area contributed by atoms with Crippen LogP contribution in [0.2, 0.25) is 0 Å². The average molecular weight is 225 g/mol. The normalized spacial score (nSPS) is 29.6. The number of carbonyl (C=O) groups excluding carboxylic acids is 1. The number of carbonyl (C=O) groups is 1. The molecule has 0 aromatic carbocycles. The van der Waals surface area contributed by atoms with Gasteiger partial charge in [0, 0.05) is 32.7 Å². The van der Waals surface area contributed by atoms with E-state index in [0.29, 0.717) is 6.54 Å². The Balaban J connectivity index is 1.68. The molecule has 2 atom stereocenters. The maximum Gasteiger partial charge on any atom is 0.236 e. The van der Waals surface area contributed by atoms with Gasteiger partial charge in [-0.1, -0.05) is 6.92 Å². The minimum Gasteiger partial charge on any atom is -0.339 e. The maximum atomic E-state index is 11.9. The second-order valence-corrected chi connectivity index (χ2v) is 5.30. The molecule has 16 heavy (non-hydrogen) atoms. The number of amides is 1. The van der Waals surface area contributed by atoms with Gasteiger partial charge in [0.05, 0.1) is 6.54 Å². The number of nitrogens with zero attached hydrogens (tertiary/aromatic N) is 2. The molecule has 0 spiro atoms.